The Balaban J connectivity index is 1.29. The summed E-state index contributed by atoms with van der Waals surface area (Å²) in [6.07, 6.45) is 5.94. The van der Waals surface area contributed by atoms with Crippen LogP contribution in [0.15, 0.2) is 30.3 Å². The van der Waals surface area contributed by atoms with Gasteiger partial charge in [-0.25, -0.2) is 9.97 Å². The number of nitrogens with one attached hydrogen (secondary N) is 1. The van der Waals surface area contributed by atoms with E-state index in [-0.39, 0.29) is 0 Å². The third kappa shape index (κ3) is 4.64. The molecule has 1 aromatic heterocycles. The summed E-state index contributed by atoms with van der Waals surface area (Å²) < 4.78 is 0. The molecule has 5 nitrogen and oxygen atoms in total. The fourth-order valence-corrected chi connectivity index (χ4v) is 4.37. The zero-order valence-electron chi connectivity index (χ0n) is 17.3. The number of aryl methyl sites for hydroxylation is 2. The quantitative estimate of drug-likeness (QED) is 0.829. The van der Waals surface area contributed by atoms with Crippen molar-refractivity contribution in [3.05, 3.63) is 47.4 Å². The summed E-state index contributed by atoms with van der Waals surface area (Å²) in [6.45, 7) is 9.64. The Kier molecular flexibility index (Phi) is 6.10. The number of nitrogens with zero attached hydrogens (tertiary/aromatic N) is 4. The number of hydrogen-bond acceptors (Lipinski definition) is 5. The van der Waals surface area contributed by atoms with E-state index in [9.17, 15) is 0 Å². The molecule has 2 aliphatic rings. The second-order valence-corrected chi connectivity index (χ2v) is 8.12. The van der Waals surface area contributed by atoms with Gasteiger partial charge in [-0.2, -0.15) is 0 Å². The van der Waals surface area contributed by atoms with Gasteiger partial charge in [-0.15, -0.1) is 0 Å². The molecule has 0 atom stereocenters. The van der Waals surface area contributed by atoms with Crippen molar-refractivity contribution in [2.45, 2.75) is 58.5 Å². The van der Waals surface area contributed by atoms with Crippen molar-refractivity contribution >= 4 is 11.5 Å². The molecule has 2 aromatic rings. The SMILES string of the molecule is CCc1cc(N2CCC(NCc3cccc(N4CCCC4)c3)CC2)nc(C)n1. The topological polar surface area (TPSA) is 44.3 Å². The molecule has 0 amide bonds. The molecule has 0 saturated carbocycles. The van der Waals surface area contributed by atoms with Crippen molar-refractivity contribution in [2.24, 2.45) is 0 Å². The Labute approximate surface area is 169 Å². The van der Waals surface area contributed by atoms with E-state index in [2.05, 4.69) is 62.3 Å². The fourth-order valence-electron chi connectivity index (χ4n) is 4.37. The Morgan fingerprint density at radius 3 is 2.54 bits per heavy atom. The molecule has 5 heteroatoms. The highest BCUT2D eigenvalue weighted by Gasteiger charge is 2.20. The van der Waals surface area contributed by atoms with E-state index in [1.165, 1.54) is 37.2 Å². The predicted molar refractivity (Wildman–Crippen MR) is 116 cm³/mol. The monoisotopic (exact) mass is 379 g/mol. The van der Waals surface area contributed by atoms with Gasteiger partial charge in [-0.3, -0.25) is 0 Å². The van der Waals surface area contributed by atoms with Gasteiger partial charge < -0.3 is 15.1 Å². The number of piperidine rings is 1. The van der Waals surface area contributed by atoms with Crippen LogP contribution in [0.25, 0.3) is 0 Å². The van der Waals surface area contributed by atoms with Crippen LogP contribution < -0.4 is 15.1 Å². The van der Waals surface area contributed by atoms with E-state index >= 15 is 0 Å². The van der Waals surface area contributed by atoms with Crippen molar-refractivity contribution in [1.82, 2.24) is 15.3 Å². The Morgan fingerprint density at radius 1 is 1.00 bits per heavy atom. The molecule has 0 aliphatic carbocycles. The van der Waals surface area contributed by atoms with Crippen LogP contribution >= 0.6 is 0 Å². The molecule has 4 rings (SSSR count). The van der Waals surface area contributed by atoms with Crippen molar-refractivity contribution in [2.75, 3.05) is 36.0 Å². The van der Waals surface area contributed by atoms with Crippen LogP contribution in [0.2, 0.25) is 0 Å². The lowest BCUT2D eigenvalue weighted by Gasteiger charge is -2.33. The maximum Gasteiger partial charge on any atom is 0.132 e. The average molecular weight is 380 g/mol. The van der Waals surface area contributed by atoms with E-state index in [0.29, 0.717) is 6.04 Å². The minimum Gasteiger partial charge on any atom is -0.372 e. The third-order valence-corrected chi connectivity index (χ3v) is 6.04. The smallest absolute Gasteiger partial charge is 0.132 e. The fraction of sp³-hybridized carbons (Fsp3) is 0.565. The average Bonchev–Trinajstić information content (AvgIpc) is 3.27. The van der Waals surface area contributed by atoms with Crippen LogP contribution in [0.4, 0.5) is 11.5 Å². The van der Waals surface area contributed by atoms with Crippen LogP contribution in [0.3, 0.4) is 0 Å². The maximum absolute atomic E-state index is 4.66. The van der Waals surface area contributed by atoms with E-state index < -0.39 is 0 Å². The van der Waals surface area contributed by atoms with Gasteiger partial charge in [-0.05, 0) is 56.7 Å². The molecular weight excluding hydrogens is 346 g/mol. The molecule has 1 N–H and O–H groups in total. The van der Waals surface area contributed by atoms with Gasteiger partial charge in [0.25, 0.3) is 0 Å². The zero-order chi connectivity index (χ0) is 19.3. The van der Waals surface area contributed by atoms with Crippen LogP contribution in [-0.2, 0) is 13.0 Å². The van der Waals surface area contributed by atoms with Crippen molar-refractivity contribution in [3.8, 4) is 0 Å². The van der Waals surface area contributed by atoms with Gasteiger partial charge in [-0.1, -0.05) is 19.1 Å². The molecule has 0 radical (unpaired) electrons. The minimum atomic E-state index is 0.584. The molecule has 150 valence electrons. The van der Waals surface area contributed by atoms with Gasteiger partial charge in [0.15, 0.2) is 0 Å². The van der Waals surface area contributed by atoms with Gasteiger partial charge >= 0.3 is 0 Å². The van der Waals surface area contributed by atoms with Gasteiger partial charge in [0, 0.05) is 56.2 Å². The number of rotatable bonds is 6. The molecule has 1 aromatic carbocycles. The van der Waals surface area contributed by atoms with Gasteiger partial charge in [0.2, 0.25) is 0 Å². The van der Waals surface area contributed by atoms with Crippen molar-refractivity contribution in [1.29, 1.82) is 0 Å². The van der Waals surface area contributed by atoms with Crippen molar-refractivity contribution < 1.29 is 0 Å². The highest BCUT2D eigenvalue weighted by molar-refractivity contribution is 5.49. The first-order chi connectivity index (χ1) is 13.7. The highest BCUT2D eigenvalue weighted by atomic mass is 15.2. The maximum atomic E-state index is 4.66. The second-order valence-electron chi connectivity index (χ2n) is 8.12. The van der Waals surface area contributed by atoms with Crippen LogP contribution in [0.1, 0.15) is 49.7 Å². The lowest BCUT2D eigenvalue weighted by molar-refractivity contribution is 0.412. The molecular formula is C23H33N5. The summed E-state index contributed by atoms with van der Waals surface area (Å²) in [5.74, 6) is 1.98. The number of aromatic nitrogens is 2. The Hall–Kier alpha value is -2.14. The van der Waals surface area contributed by atoms with Crippen molar-refractivity contribution in [3.63, 3.8) is 0 Å². The normalized spacial score (nSPS) is 18.1. The molecule has 2 aliphatic heterocycles. The van der Waals surface area contributed by atoms with Crippen LogP contribution in [0, 0.1) is 6.92 Å². The second kappa shape index (κ2) is 8.91. The Morgan fingerprint density at radius 2 is 1.79 bits per heavy atom. The standard InChI is InChI=1S/C23H33N5/c1-3-20-16-23(26-18(2)25-20)28-13-9-21(10-14-28)24-17-19-7-6-8-22(15-19)27-11-4-5-12-27/h6-8,15-16,21,24H,3-5,9-14,17H2,1-2H3. The first-order valence-corrected chi connectivity index (χ1v) is 10.9. The molecule has 0 unspecified atom stereocenters. The molecule has 2 fully saturated rings. The summed E-state index contributed by atoms with van der Waals surface area (Å²) in [5.41, 5.74) is 3.92. The molecule has 2 saturated heterocycles. The summed E-state index contributed by atoms with van der Waals surface area (Å²) in [5, 5.41) is 3.78. The number of hydrogen-bond donors (Lipinski definition) is 1. The van der Waals surface area contributed by atoms with Crippen LogP contribution in [0.5, 0.6) is 0 Å². The van der Waals surface area contributed by atoms with E-state index in [4.69, 9.17) is 0 Å². The summed E-state index contributed by atoms with van der Waals surface area (Å²) in [6, 6.07) is 11.8. The van der Waals surface area contributed by atoms with Gasteiger partial charge in [0.1, 0.15) is 11.6 Å². The minimum absolute atomic E-state index is 0.584. The van der Waals surface area contributed by atoms with E-state index in [1.807, 2.05) is 6.92 Å². The van der Waals surface area contributed by atoms with E-state index in [0.717, 1.165) is 56.2 Å². The number of benzene rings is 1. The van der Waals surface area contributed by atoms with E-state index in [1.54, 1.807) is 0 Å². The highest BCUT2D eigenvalue weighted by Crippen LogP contribution is 2.22. The lowest BCUT2D eigenvalue weighted by Crippen LogP contribution is -2.42. The van der Waals surface area contributed by atoms with Crippen LogP contribution in [-0.4, -0.2) is 42.2 Å². The largest absolute Gasteiger partial charge is 0.372 e. The molecule has 28 heavy (non-hydrogen) atoms. The molecule has 3 heterocycles. The first kappa shape index (κ1) is 19.2. The summed E-state index contributed by atoms with van der Waals surface area (Å²) in [4.78, 5) is 14.1. The third-order valence-electron chi connectivity index (χ3n) is 6.04. The molecule has 0 bridgehead atoms. The summed E-state index contributed by atoms with van der Waals surface area (Å²) >= 11 is 0. The predicted octanol–water partition coefficient (Wildman–Crippen LogP) is 3.71. The first-order valence-electron chi connectivity index (χ1n) is 10.9. The lowest BCUT2D eigenvalue weighted by atomic mass is 10.0. The zero-order valence-corrected chi connectivity index (χ0v) is 17.3. The Bertz CT molecular complexity index is 776. The summed E-state index contributed by atoms with van der Waals surface area (Å²) in [7, 11) is 0. The number of anilines is 2. The molecule has 0 spiro atoms. The van der Waals surface area contributed by atoms with Gasteiger partial charge in [0.05, 0.1) is 0 Å².